The highest BCUT2D eigenvalue weighted by Gasteiger charge is 2.14. The Morgan fingerprint density at radius 3 is 1.80 bits per heavy atom. The molecule has 4 nitrogen and oxygen atoms in total. The molecule has 0 aliphatic rings. The lowest BCUT2D eigenvalue weighted by atomic mass is 10.1. The zero-order valence-electron chi connectivity index (χ0n) is 11.0. The van der Waals surface area contributed by atoms with Crippen LogP contribution in [0.5, 0.6) is 0 Å². The minimum atomic E-state index is -0.832. The fourth-order valence-electron chi connectivity index (χ4n) is 1.33. The van der Waals surface area contributed by atoms with Gasteiger partial charge in [-0.25, -0.2) is 4.79 Å². The van der Waals surface area contributed by atoms with Crippen LogP contribution in [0.3, 0.4) is 0 Å². The van der Waals surface area contributed by atoms with Crippen molar-refractivity contribution in [3.05, 3.63) is 71.8 Å². The van der Waals surface area contributed by atoms with Gasteiger partial charge in [0.1, 0.15) is 6.29 Å². The number of carbonyl (C=O) groups excluding carboxylic acids is 3. The van der Waals surface area contributed by atoms with E-state index in [9.17, 15) is 14.4 Å². The molecule has 0 aromatic heterocycles. The minimum absolute atomic E-state index is 0.351. The lowest BCUT2D eigenvalue weighted by Gasteiger charge is -1.96. The number of methoxy groups -OCH3 is 1. The van der Waals surface area contributed by atoms with Gasteiger partial charge in [0.15, 0.2) is 0 Å². The average Bonchev–Trinajstić information content (AvgIpc) is 2.55. The van der Waals surface area contributed by atoms with Gasteiger partial charge in [-0.1, -0.05) is 60.7 Å². The summed E-state index contributed by atoms with van der Waals surface area (Å²) in [5, 5.41) is 0. The van der Waals surface area contributed by atoms with Gasteiger partial charge >= 0.3 is 5.97 Å². The Kier molecular flexibility index (Phi) is 6.41. The number of ketones is 1. The summed E-state index contributed by atoms with van der Waals surface area (Å²) in [6.07, 6.45) is 0.833. The highest BCUT2D eigenvalue weighted by atomic mass is 16.5. The molecule has 0 heterocycles. The molecular formula is C16H14O4. The second-order valence-electron chi connectivity index (χ2n) is 3.72. The van der Waals surface area contributed by atoms with Gasteiger partial charge in [0.25, 0.3) is 5.78 Å². The summed E-state index contributed by atoms with van der Waals surface area (Å²) in [5.41, 5.74) is 1.08. The molecule has 4 heteroatoms. The van der Waals surface area contributed by atoms with Crippen molar-refractivity contribution in [1.29, 1.82) is 0 Å². The molecule has 0 bridgehead atoms. The molecule has 0 aliphatic carbocycles. The van der Waals surface area contributed by atoms with Crippen LogP contribution in [0.2, 0.25) is 0 Å². The Morgan fingerprint density at radius 1 is 0.900 bits per heavy atom. The summed E-state index contributed by atoms with van der Waals surface area (Å²) in [4.78, 5) is 31.8. The largest absolute Gasteiger partial charge is 0.463 e. The fraction of sp³-hybridized carbons (Fsp3) is 0.0625. The SMILES string of the molecule is COC(=O)C(=O)c1ccccc1.O=Cc1ccccc1. The van der Waals surface area contributed by atoms with Gasteiger partial charge in [-0.15, -0.1) is 0 Å². The molecular weight excluding hydrogens is 256 g/mol. The van der Waals surface area contributed by atoms with E-state index in [-0.39, 0.29) is 0 Å². The third-order valence-electron chi connectivity index (χ3n) is 2.34. The van der Waals surface area contributed by atoms with Crippen molar-refractivity contribution >= 4 is 18.0 Å². The molecule has 0 saturated carbocycles. The van der Waals surface area contributed by atoms with Crippen LogP contribution in [0.1, 0.15) is 20.7 Å². The normalized spacial score (nSPS) is 8.85. The molecule has 102 valence electrons. The standard InChI is InChI=1S/C9H8O3.C7H6O/c1-12-9(11)8(10)7-5-3-2-4-6-7;8-6-7-4-2-1-3-5-7/h2-6H,1H3;1-6H. The predicted molar refractivity (Wildman–Crippen MR) is 74.6 cm³/mol. The average molecular weight is 270 g/mol. The first-order valence-electron chi connectivity index (χ1n) is 5.87. The molecule has 0 amide bonds. The van der Waals surface area contributed by atoms with Crippen LogP contribution in [-0.4, -0.2) is 25.1 Å². The van der Waals surface area contributed by atoms with Gasteiger partial charge in [-0.2, -0.15) is 0 Å². The van der Waals surface area contributed by atoms with Crippen LogP contribution in [-0.2, 0) is 9.53 Å². The maximum atomic E-state index is 11.1. The molecule has 2 rings (SSSR count). The number of benzene rings is 2. The van der Waals surface area contributed by atoms with Crippen molar-refractivity contribution < 1.29 is 19.1 Å². The third kappa shape index (κ3) is 4.86. The van der Waals surface area contributed by atoms with Crippen LogP contribution >= 0.6 is 0 Å². The van der Waals surface area contributed by atoms with E-state index >= 15 is 0 Å². The van der Waals surface area contributed by atoms with Crippen LogP contribution in [0.4, 0.5) is 0 Å². The highest BCUT2D eigenvalue weighted by molar-refractivity contribution is 6.40. The summed E-state index contributed by atoms with van der Waals surface area (Å²) < 4.78 is 4.28. The number of aldehydes is 1. The van der Waals surface area contributed by atoms with Gasteiger partial charge in [0, 0.05) is 11.1 Å². The van der Waals surface area contributed by atoms with Crippen LogP contribution < -0.4 is 0 Å². The van der Waals surface area contributed by atoms with Crippen molar-refractivity contribution in [2.24, 2.45) is 0 Å². The molecule has 0 aliphatic heterocycles. The Labute approximate surface area is 117 Å². The van der Waals surface area contributed by atoms with E-state index in [2.05, 4.69) is 4.74 Å². The molecule has 0 N–H and O–H groups in total. The van der Waals surface area contributed by atoms with Gasteiger partial charge in [-0.05, 0) is 0 Å². The monoisotopic (exact) mass is 270 g/mol. The number of carbonyl (C=O) groups is 3. The van der Waals surface area contributed by atoms with E-state index in [0.29, 0.717) is 5.56 Å². The number of esters is 1. The van der Waals surface area contributed by atoms with E-state index < -0.39 is 11.8 Å². The van der Waals surface area contributed by atoms with Gasteiger partial charge in [0.2, 0.25) is 0 Å². The van der Waals surface area contributed by atoms with Crippen LogP contribution in [0, 0.1) is 0 Å². The third-order valence-corrected chi connectivity index (χ3v) is 2.34. The Hall–Kier alpha value is -2.75. The molecule has 20 heavy (non-hydrogen) atoms. The van der Waals surface area contributed by atoms with E-state index in [1.54, 1.807) is 42.5 Å². The van der Waals surface area contributed by atoms with E-state index in [4.69, 9.17) is 0 Å². The van der Waals surface area contributed by atoms with Gasteiger partial charge < -0.3 is 4.74 Å². The number of rotatable bonds is 3. The van der Waals surface area contributed by atoms with Crippen molar-refractivity contribution in [2.45, 2.75) is 0 Å². The summed E-state index contributed by atoms with van der Waals surface area (Å²) in [6.45, 7) is 0. The van der Waals surface area contributed by atoms with Crippen LogP contribution in [0.15, 0.2) is 60.7 Å². The second-order valence-corrected chi connectivity index (χ2v) is 3.72. The number of Topliss-reactive ketones (excluding diaryl/α,β-unsaturated/α-hetero) is 1. The maximum Gasteiger partial charge on any atom is 0.379 e. The summed E-state index contributed by atoms with van der Waals surface area (Å²) in [7, 11) is 1.18. The first-order valence-corrected chi connectivity index (χ1v) is 5.87. The zero-order chi connectivity index (χ0) is 14.8. The molecule has 0 atom stereocenters. The second kappa shape index (κ2) is 8.37. The number of hydrogen-bond acceptors (Lipinski definition) is 4. The summed E-state index contributed by atoms with van der Waals surface area (Å²) in [5.74, 6) is -1.45. The van der Waals surface area contributed by atoms with Crippen LogP contribution in [0.25, 0.3) is 0 Å². The van der Waals surface area contributed by atoms with E-state index in [1.165, 1.54) is 7.11 Å². The van der Waals surface area contributed by atoms with Crippen molar-refractivity contribution in [3.8, 4) is 0 Å². The Bertz CT molecular complexity index is 562. The fourth-order valence-corrected chi connectivity index (χ4v) is 1.33. The van der Waals surface area contributed by atoms with E-state index in [1.807, 2.05) is 18.2 Å². The molecule has 0 spiro atoms. The van der Waals surface area contributed by atoms with Crippen molar-refractivity contribution in [2.75, 3.05) is 7.11 Å². The Morgan fingerprint density at radius 2 is 1.40 bits per heavy atom. The molecule has 0 radical (unpaired) electrons. The number of ether oxygens (including phenoxy) is 1. The Balaban J connectivity index is 0.000000217. The molecule has 0 unspecified atom stereocenters. The zero-order valence-corrected chi connectivity index (χ0v) is 11.0. The van der Waals surface area contributed by atoms with Crippen molar-refractivity contribution in [1.82, 2.24) is 0 Å². The van der Waals surface area contributed by atoms with E-state index in [0.717, 1.165) is 11.8 Å². The lowest BCUT2D eigenvalue weighted by Crippen LogP contribution is -2.15. The smallest absolute Gasteiger partial charge is 0.379 e. The minimum Gasteiger partial charge on any atom is -0.463 e. The lowest BCUT2D eigenvalue weighted by molar-refractivity contribution is -0.135. The number of hydrogen-bond donors (Lipinski definition) is 0. The first-order chi connectivity index (χ1) is 9.69. The maximum absolute atomic E-state index is 11.1. The summed E-state index contributed by atoms with van der Waals surface area (Å²) >= 11 is 0. The van der Waals surface area contributed by atoms with Crippen molar-refractivity contribution in [3.63, 3.8) is 0 Å². The first kappa shape index (κ1) is 15.3. The van der Waals surface area contributed by atoms with Gasteiger partial charge in [-0.3, -0.25) is 9.59 Å². The predicted octanol–water partition coefficient (Wildman–Crippen LogP) is 2.54. The topological polar surface area (TPSA) is 60.4 Å². The molecule has 0 saturated heterocycles. The van der Waals surface area contributed by atoms with Gasteiger partial charge in [0.05, 0.1) is 7.11 Å². The molecule has 2 aromatic carbocycles. The molecule has 0 fully saturated rings. The summed E-state index contributed by atoms with van der Waals surface area (Å²) in [6, 6.07) is 17.4. The molecule has 2 aromatic rings. The highest BCUT2D eigenvalue weighted by Crippen LogP contribution is 2.00. The quantitative estimate of drug-likeness (QED) is 0.372.